The first-order chi connectivity index (χ1) is 9.15. The zero-order valence-electron chi connectivity index (χ0n) is 12.4. The second-order valence-electron chi connectivity index (χ2n) is 5.04. The highest BCUT2D eigenvalue weighted by Crippen LogP contribution is 2.23. The number of benzene rings is 1. The van der Waals surface area contributed by atoms with Crippen LogP contribution in [-0.4, -0.2) is 5.11 Å². The summed E-state index contributed by atoms with van der Waals surface area (Å²) in [4.78, 5) is 0. The van der Waals surface area contributed by atoms with E-state index >= 15 is 0 Å². The number of hydrogen-bond acceptors (Lipinski definition) is 2. The quantitative estimate of drug-likeness (QED) is 0.493. The molecule has 1 N–H and O–H groups in total. The number of unbranched alkanes of at least 4 members (excludes halogenated alkanes) is 4. The minimum Gasteiger partial charge on any atom is -0.509 e. The normalized spacial score (nSPS) is 12.2. The van der Waals surface area contributed by atoms with Crippen molar-refractivity contribution in [3.63, 3.8) is 0 Å². The van der Waals surface area contributed by atoms with Crippen molar-refractivity contribution in [2.24, 2.45) is 0 Å². The second kappa shape index (κ2) is 8.63. The van der Waals surface area contributed by atoms with E-state index in [2.05, 4.69) is 6.92 Å². The number of para-hydroxylation sites is 1. The largest absolute Gasteiger partial charge is 0.509 e. The lowest BCUT2D eigenvalue weighted by molar-refractivity contribution is 0.320. The van der Waals surface area contributed by atoms with Gasteiger partial charge in [0.15, 0.2) is 0 Å². The predicted molar refractivity (Wildman–Crippen MR) is 80.5 cm³/mol. The van der Waals surface area contributed by atoms with Crippen LogP contribution in [0.3, 0.4) is 0 Å². The topological polar surface area (TPSA) is 29.5 Å². The van der Waals surface area contributed by atoms with Crippen LogP contribution in [0.2, 0.25) is 0 Å². The van der Waals surface area contributed by atoms with E-state index in [-0.39, 0.29) is 0 Å². The average Bonchev–Trinajstić information content (AvgIpc) is 2.39. The van der Waals surface area contributed by atoms with E-state index in [1.807, 2.05) is 31.2 Å². The van der Waals surface area contributed by atoms with E-state index in [0.29, 0.717) is 11.5 Å². The molecule has 0 aliphatic heterocycles. The van der Waals surface area contributed by atoms with Gasteiger partial charge in [-0.15, -0.1) is 0 Å². The van der Waals surface area contributed by atoms with Crippen molar-refractivity contribution >= 4 is 0 Å². The maximum Gasteiger partial charge on any atom is 0.141 e. The minimum absolute atomic E-state index is 0.291. The third kappa shape index (κ3) is 5.82. The third-order valence-corrected chi connectivity index (χ3v) is 3.24. The van der Waals surface area contributed by atoms with E-state index in [0.717, 1.165) is 24.2 Å². The second-order valence-corrected chi connectivity index (χ2v) is 5.04. The van der Waals surface area contributed by atoms with Gasteiger partial charge in [-0.25, -0.2) is 0 Å². The molecule has 0 atom stereocenters. The van der Waals surface area contributed by atoms with Crippen molar-refractivity contribution in [3.8, 4) is 5.75 Å². The van der Waals surface area contributed by atoms with Gasteiger partial charge in [-0.05, 0) is 31.9 Å². The van der Waals surface area contributed by atoms with Crippen LogP contribution in [0.4, 0.5) is 0 Å². The summed E-state index contributed by atoms with van der Waals surface area (Å²) in [5, 5.41) is 9.72. The van der Waals surface area contributed by atoms with Gasteiger partial charge in [-0.3, -0.25) is 0 Å². The summed E-state index contributed by atoms with van der Waals surface area (Å²) < 4.78 is 5.84. The Kier molecular flexibility index (Phi) is 7.09. The maximum atomic E-state index is 9.72. The van der Waals surface area contributed by atoms with E-state index in [4.69, 9.17) is 4.74 Å². The number of ether oxygens (including phenoxy) is 1. The van der Waals surface area contributed by atoms with Gasteiger partial charge in [0.25, 0.3) is 0 Å². The van der Waals surface area contributed by atoms with Gasteiger partial charge in [0.05, 0.1) is 0 Å². The average molecular weight is 262 g/mol. The fourth-order valence-corrected chi connectivity index (χ4v) is 2.00. The predicted octanol–water partition coefficient (Wildman–Crippen LogP) is 5.52. The van der Waals surface area contributed by atoms with E-state index in [1.165, 1.54) is 25.7 Å². The Morgan fingerprint density at radius 1 is 1.11 bits per heavy atom. The van der Waals surface area contributed by atoms with Crippen LogP contribution < -0.4 is 4.74 Å². The number of rotatable bonds is 8. The molecule has 0 heterocycles. The monoisotopic (exact) mass is 262 g/mol. The first kappa shape index (κ1) is 15.6. The number of aryl methyl sites for hydroxylation is 1. The molecule has 0 unspecified atom stereocenters. The summed E-state index contributed by atoms with van der Waals surface area (Å²) in [5.41, 5.74) is 1.09. The Bertz CT molecular complexity index is 403. The van der Waals surface area contributed by atoms with E-state index in [1.54, 1.807) is 6.92 Å². The van der Waals surface area contributed by atoms with Crippen LogP contribution >= 0.6 is 0 Å². The minimum atomic E-state index is 0.291. The number of aliphatic hydroxyl groups is 1. The molecular formula is C17H26O2. The summed E-state index contributed by atoms with van der Waals surface area (Å²) in [6, 6.07) is 7.90. The standard InChI is InChI=1S/C17H26O2/c1-4-5-6-7-8-13-17(15(3)18)19-16-12-10-9-11-14(16)2/h9-12,18H,4-8,13H2,1-3H3/b17-15+. The maximum absolute atomic E-state index is 9.72. The van der Waals surface area contributed by atoms with Crippen LogP contribution in [0.15, 0.2) is 35.8 Å². The Morgan fingerprint density at radius 2 is 1.79 bits per heavy atom. The molecular weight excluding hydrogens is 236 g/mol. The third-order valence-electron chi connectivity index (χ3n) is 3.24. The molecule has 0 fully saturated rings. The molecule has 0 aliphatic rings. The Morgan fingerprint density at radius 3 is 2.42 bits per heavy atom. The molecule has 0 amide bonds. The van der Waals surface area contributed by atoms with Crippen LogP contribution in [0.25, 0.3) is 0 Å². The molecule has 0 saturated heterocycles. The lowest BCUT2D eigenvalue weighted by Gasteiger charge is -2.13. The SMILES string of the molecule is CCCCCCC/C(Oc1ccccc1C)=C(/C)O. The molecule has 0 aromatic heterocycles. The van der Waals surface area contributed by atoms with Gasteiger partial charge in [0.1, 0.15) is 17.3 Å². The lowest BCUT2D eigenvalue weighted by Crippen LogP contribution is -2.00. The first-order valence-corrected chi connectivity index (χ1v) is 7.27. The number of aliphatic hydroxyl groups excluding tert-OH is 1. The summed E-state index contributed by atoms with van der Waals surface area (Å²) in [6.45, 7) is 5.92. The number of hydrogen-bond donors (Lipinski definition) is 1. The number of allylic oxidation sites excluding steroid dienone is 2. The van der Waals surface area contributed by atoms with Gasteiger partial charge >= 0.3 is 0 Å². The molecule has 2 nitrogen and oxygen atoms in total. The van der Waals surface area contributed by atoms with Gasteiger partial charge in [0.2, 0.25) is 0 Å². The molecule has 0 aliphatic carbocycles. The lowest BCUT2D eigenvalue weighted by atomic mass is 10.1. The molecule has 1 rings (SSSR count). The highest BCUT2D eigenvalue weighted by atomic mass is 16.5. The van der Waals surface area contributed by atoms with Crippen molar-refractivity contribution in [1.82, 2.24) is 0 Å². The van der Waals surface area contributed by atoms with E-state index in [9.17, 15) is 5.11 Å². The van der Waals surface area contributed by atoms with Gasteiger partial charge in [-0.2, -0.15) is 0 Å². The molecule has 0 saturated carbocycles. The van der Waals surface area contributed by atoms with Crippen LogP contribution in [0, 0.1) is 6.92 Å². The van der Waals surface area contributed by atoms with E-state index < -0.39 is 0 Å². The zero-order chi connectivity index (χ0) is 14.1. The fraction of sp³-hybridized carbons (Fsp3) is 0.529. The molecule has 1 aromatic carbocycles. The molecule has 19 heavy (non-hydrogen) atoms. The Balaban J connectivity index is 2.51. The summed E-state index contributed by atoms with van der Waals surface area (Å²) in [6.07, 6.45) is 6.87. The molecule has 2 heteroatoms. The Labute approximate surface area is 117 Å². The van der Waals surface area contributed by atoms with Crippen molar-refractivity contribution in [1.29, 1.82) is 0 Å². The summed E-state index contributed by atoms with van der Waals surface area (Å²) >= 11 is 0. The first-order valence-electron chi connectivity index (χ1n) is 7.27. The van der Waals surface area contributed by atoms with Crippen LogP contribution in [0.1, 0.15) is 57.9 Å². The van der Waals surface area contributed by atoms with Crippen molar-refractivity contribution in [3.05, 3.63) is 41.3 Å². The zero-order valence-corrected chi connectivity index (χ0v) is 12.4. The van der Waals surface area contributed by atoms with Crippen molar-refractivity contribution in [2.75, 3.05) is 0 Å². The van der Waals surface area contributed by atoms with Gasteiger partial charge in [0, 0.05) is 6.42 Å². The fourth-order valence-electron chi connectivity index (χ4n) is 2.00. The molecule has 106 valence electrons. The van der Waals surface area contributed by atoms with Crippen LogP contribution in [0.5, 0.6) is 5.75 Å². The van der Waals surface area contributed by atoms with Crippen molar-refractivity contribution < 1.29 is 9.84 Å². The molecule has 0 bridgehead atoms. The van der Waals surface area contributed by atoms with Crippen LogP contribution in [-0.2, 0) is 0 Å². The summed E-state index contributed by atoms with van der Waals surface area (Å²) in [7, 11) is 0. The molecule has 0 radical (unpaired) electrons. The smallest absolute Gasteiger partial charge is 0.141 e. The summed E-state index contributed by atoms with van der Waals surface area (Å²) in [5.74, 6) is 1.82. The highest BCUT2D eigenvalue weighted by Gasteiger charge is 2.07. The van der Waals surface area contributed by atoms with Gasteiger partial charge in [-0.1, -0.05) is 50.8 Å². The Hall–Kier alpha value is -1.44. The highest BCUT2D eigenvalue weighted by molar-refractivity contribution is 5.33. The molecule has 1 aromatic rings. The van der Waals surface area contributed by atoms with Crippen molar-refractivity contribution in [2.45, 2.75) is 59.3 Å². The molecule has 0 spiro atoms. The van der Waals surface area contributed by atoms with Gasteiger partial charge < -0.3 is 9.84 Å².